The topological polar surface area (TPSA) is 9.23 Å². The largest absolute Gasteiger partial charge is 0.496 e. The second-order valence-electron chi connectivity index (χ2n) is 4.43. The van der Waals surface area contributed by atoms with Crippen molar-refractivity contribution in [1.82, 2.24) is 0 Å². The molecule has 0 aliphatic carbocycles. The fourth-order valence-corrected chi connectivity index (χ4v) is 1.34. The maximum Gasteiger partial charge on any atom is 0.121 e. The lowest BCUT2D eigenvalue weighted by Gasteiger charge is -2.20. The predicted molar refractivity (Wildman–Crippen MR) is 56.4 cm³/mol. The third-order valence-electron chi connectivity index (χ3n) is 2.26. The molecular formula is C12H18O. The molecule has 1 aromatic rings. The molecule has 0 amide bonds. The van der Waals surface area contributed by atoms with E-state index < -0.39 is 0 Å². The molecule has 1 rings (SSSR count). The molecule has 0 heterocycles. The summed E-state index contributed by atoms with van der Waals surface area (Å²) in [7, 11) is 1.71. The van der Waals surface area contributed by atoms with Gasteiger partial charge < -0.3 is 4.74 Å². The van der Waals surface area contributed by atoms with Gasteiger partial charge in [0.15, 0.2) is 0 Å². The molecule has 0 spiro atoms. The molecule has 1 aromatic carbocycles. The molecule has 0 aromatic heterocycles. The first kappa shape index (κ1) is 10.1. The standard InChI is InChI=1S/C12H18O/c1-9-8-10(12(2,3)4)6-7-11(9)13-5/h6-8H,1-5H3. The molecule has 0 atom stereocenters. The van der Waals surface area contributed by atoms with Crippen molar-refractivity contribution in [3.05, 3.63) is 29.3 Å². The third-order valence-corrected chi connectivity index (χ3v) is 2.26. The van der Waals surface area contributed by atoms with Gasteiger partial charge in [0.1, 0.15) is 5.75 Å². The molecule has 0 saturated carbocycles. The van der Waals surface area contributed by atoms with Gasteiger partial charge in [-0.3, -0.25) is 0 Å². The first-order valence-electron chi connectivity index (χ1n) is 4.60. The Morgan fingerprint density at radius 1 is 1.15 bits per heavy atom. The lowest BCUT2D eigenvalue weighted by atomic mass is 9.86. The Hall–Kier alpha value is -0.980. The number of ether oxygens (including phenoxy) is 1. The number of methoxy groups -OCH3 is 1. The molecule has 0 aliphatic rings. The maximum absolute atomic E-state index is 5.21. The number of hydrogen-bond acceptors (Lipinski definition) is 1. The first-order valence-corrected chi connectivity index (χ1v) is 4.60. The summed E-state index contributed by atoms with van der Waals surface area (Å²) >= 11 is 0. The first-order chi connectivity index (χ1) is 5.95. The van der Waals surface area contributed by atoms with Gasteiger partial charge in [-0.25, -0.2) is 0 Å². The zero-order chi connectivity index (χ0) is 10.1. The molecular weight excluding hydrogens is 160 g/mol. The molecule has 0 fully saturated rings. The fraction of sp³-hybridized carbons (Fsp3) is 0.500. The average Bonchev–Trinajstić information content (AvgIpc) is 2.02. The highest BCUT2D eigenvalue weighted by Gasteiger charge is 2.14. The molecule has 0 saturated heterocycles. The van der Waals surface area contributed by atoms with Crippen LogP contribution in [0, 0.1) is 6.92 Å². The van der Waals surface area contributed by atoms with Crippen molar-refractivity contribution in [3.8, 4) is 5.75 Å². The van der Waals surface area contributed by atoms with Crippen LogP contribution in [0.1, 0.15) is 31.9 Å². The Balaban J connectivity index is 3.10. The van der Waals surface area contributed by atoms with E-state index in [9.17, 15) is 0 Å². The van der Waals surface area contributed by atoms with E-state index in [1.807, 2.05) is 6.07 Å². The minimum absolute atomic E-state index is 0.219. The predicted octanol–water partition coefficient (Wildman–Crippen LogP) is 3.30. The molecule has 1 nitrogen and oxygen atoms in total. The van der Waals surface area contributed by atoms with Gasteiger partial charge in [-0.05, 0) is 29.5 Å². The lowest BCUT2D eigenvalue weighted by molar-refractivity contribution is 0.411. The van der Waals surface area contributed by atoms with E-state index in [0.29, 0.717) is 0 Å². The summed E-state index contributed by atoms with van der Waals surface area (Å²) in [6.45, 7) is 8.73. The van der Waals surface area contributed by atoms with E-state index in [1.54, 1.807) is 7.11 Å². The van der Waals surface area contributed by atoms with Crippen molar-refractivity contribution in [2.24, 2.45) is 0 Å². The summed E-state index contributed by atoms with van der Waals surface area (Å²) in [5.41, 5.74) is 2.78. The summed E-state index contributed by atoms with van der Waals surface area (Å²) in [4.78, 5) is 0. The van der Waals surface area contributed by atoms with Crippen LogP contribution in [-0.2, 0) is 5.41 Å². The Morgan fingerprint density at radius 3 is 2.15 bits per heavy atom. The van der Waals surface area contributed by atoms with Crippen LogP contribution in [0.4, 0.5) is 0 Å². The molecule has 13 heavy (non-hydrogen) atoms. The molecule has 0 N–H and O–H groups in total. The SMILES string of the molecule is COc1ccc(C(C)(C)C)cc1C. The van der Waals surface area contributed by atoms with Gasteiger partial charge in [-0.1, -0.05) is 32.9 Å². The highest BCUT2D eigenvalue weighted by atomic mass is 16.5. The van der Waals surface area contributed by atoms with Crippen molar-refractivity contribution in [2.75, 3.05) is 7.11 Å². The van der Waals surface area contributed by atoms with Gasteiger partial charge in [0.05, 0.1) is 7.11 Å². The van der Waals surface area contributed by atoms with E-state index in [0.717, 1.165) is 5.75 Å². The van der Waals surface area contributed by atoms with Crippen molar-refractivity contribution >= 4 is 0 Å². The highest BCUT2D eigenvalue weighted by molar-refractivity contribution is 5.38. The van der Waals surface area contributed by atoms with Crippen molar-refractivity contribution in [1.29, 1.82) is 0 Å². The zero-order valence-electron chi connectivity index (χ0n) is 9.14. The molecule has 0 aliphatic heterocycles. The summed E-state index contributed by atoms with van der Waals surface area (Å²) in [6, 6.07) is 6.36. The quantitative estimate of drug-likeness (QED) is 0.641. The van der Waals surface area contributed by atoms with Gasteiger partial charge >= 0.3 is 0 Å². The lowest BCUT2D eigenvalue weighted by Crippen LogP contribution is -2.11. The minimum atomic E-state index is 0.219. The number of aryl methyl sites for hydroxylation is 1. The number of rotatable bonds is 1. The normalized spacial score (nSPS) is 11.5. The van der Waals surface area contributed by atoms with Crippen LogP contribution in [-0.4, -0.2) is 7.11 Å². The van der Waals surface area contributed by atoms with Crippen molar-refractivity contribution in [2.45, 2.75) is 33.1 Å². The van der Waals surface area contributed by atoms with Crippen LogP contribution in [0.3, 0.4) is 0 Å². The Bertz CT molecular complexity index is 294. The van der Waals surface area contributed by atoms with E-state index in [1.165, 1.54) is 11.1 Å². The fourth-order valence-electron chi connectivity index (χ4n) is 1.34. The average molecular weight is 178 g/mol. The summed E-state index contributed by atoms with van der Waals surface area (Å²) < 4.78 is 5.21. The van der Waals surface area contributed by atoms with E-state index in [2.05, 4.69) is 39.8 Å². The minimum Gasteiger partial charge on any atom is -0.496 e. The summed E-state index contributed by atoms with van der Waals surface area (Å²) in [5.74, 6) is 0.966. The smallest absolute Gasteiger partial charge is 0.121 e. The second-order valence-corrected chi connectivity index (χ2v) is 4.43. The van der Waals surface area contributed by atoms with Gasteiger partial charge in [0.25, 0.3) is 0 Å². The molecule has 0 radical (unpaired) electrons. The van der Waals surface area contributed by atoms with Crippen LogP contribution in [0.25, 0.3) is 0 Å². The van der Waals surface area contributed by atoms with Crippen LogP contribution < -0.4 is 4.74 Å². The summed E-state index contributed by atoms with van der Waals surface area (Å²) in [5, 5.41) is 0. The third kappa shape index (κ3) is 2.24. The van der Waals surface area contributed by atoms with Crippen LogP contribution in [0.5, 0.6) is 5.75 Å². The summed E-state index contributed by atoms with van der Waals surface area (Å²) in [6.07, 6.45) is 0. The Kier molecular flexibility index (Phi) is 2.65. The van der Waals surface area contributed by atoms with Gasteiger partial charge in [0.2, 0.25) is 0 Å². The Morgan fingerprint density at radius 2 is 1.77 bits per heavy atom. The maximum atomic E-state index is 5.21. The second kappa shape index (κ2) is 3.41. The molecule has 72 valence electrons. The van der Waals surface area contributed by atoms with Crippen molar-refractivity contribution < 1.29 is 4.74 Å². The van der Waals surface area contributed by atoms with E-state index in [4.69, 9.17) is 4.74 Å². The Labute approximate surface area is 80.7 Å². The van der Waals surface area contributed by atoms with Crippen LogP contribution >= 0.6 is 0 Å². The van der Waals surface area contributed by atoms with E-state index in [-0.39, 0.29) is 5.41 Å². The monoisotopic (exact) mass is 178 g/mol. The number of benzene rings is 1. The molecule has 0 bridgehead atoms. The van der Waals surface area contributed by atoms with Gasteiger partial charge in [-0.2, -0.15) is 0 Å². The van der Waals surface area contributed by atoms with Crippen molar-refractivity contribution in [3.63, 3.8) is 0 Å². The van der Waals surface area contributed by atoms with Gasteiger partial charge in [0, 0.05) is 0 Å². The highest BCUT2D eigenvalue weighted by Crippen LogP contribution is 2.27. The van der Waals surface area contributed by atoms with Crippen LogP contribution in [0.15, 0.2) is 18.2 Å². The van der Waals surface area contributed by atoms with Crippen LogP contribution in [0.2, 0.25) is 0 Å². The number of hydrogen-bond donors (Lipinski definition) is 0. The zero-order valence-corrected chi connectivity index (χ0v) is 9.14. The molecule has 0 unspecified atom stereocenters. The molecule has 1 heteroatoms. The van der Waals surface area contributed by atoms with Gasteiger partial charge in [-0.15, -0.1) is 0 Å². The van der Waals surface area contributed by atoms with E-state index >= 15 is 0 Å².